The maximum absolute atomic E-state index is 12.8. The quantitative estimate of drug-likeness (QED) is 0.174. The summed E-state index contributed by atoms with van der Waals surface area (Å²) in [6.45, 7) is 6.02. The number of fused-ring (bicyclic) bond motifs is 1. The Bertz CT molecular complexity index is 1210. The van der Waals surface area contributed by atoms with E-state index in [0.29, 0.717) is 28.2 Å². The van der Waals surface area contributed by atoms with Crippen LogP contribution < -0.4 is 11.0 Å². The van der Waals surface area contributed by atoms with Gasteiger partial charge in [-0.1, -0.05) is 52.0 Å². The molecule has 7 nitrogen and oxygen atoms in total. The predicted octanol–water partition coefficient (Wildman–Crippen LogP) is 3.68. The topological polar surface area (TPSA) is 96.6 Å². The fraction of sp³-hybridized carbons (Fsp3) is 0.143. The number of allylic oxidation sites excluding steroid dienone is 1. The van der Waals surface area contributed by atoms with Crippen molar-refractivity contribution in [2.75, 3.05) is 5.75 Å². The van der Waals surface area contributed by atoms with Crippen LogP contribution in [0.3, 0.4) is 0 Å². The summed E-state index contributed by atoms with van der Waals surface area (Å²) < 4.78 is 2.30. The van der Waals surface area contributed by atoms with E-state index in [2.05, 4.69) is 38.0 Å². The molecule has 3 rings (SSSR count). The number of phenolic OH excluding ortho intramolecular Hbond substituents is 1. The number of nitrogens with one attached hydrogen (secondary N) is 1. The first-order valence-corrected chi connectivity index (χ1v) is 10.7. The SMILES string of the molecule is C=C(C)Cn1c(SCC(=O)NN=Cc2cc(Br)ccc2O)nc2ccccc2c1=O. The number of nitrogens with zero attached hydrogens (tertiary/aromatic N) is 3. The molecule has 3 aromatic rings. The third kappa shape index (κ3) is 5.37. The molecule has 0 radical (unpaired) electrons. The second-order valence-electron chi connectivity index (χ2n) is 6.54. The lowest BCUT2D eigenvalue weighted by Crippen LogP contribution is -2.25. The van der Waals surface area contributed by atoms with E-state index in [1.54, 1.807) is 30.3 Å². The number of carbonyl (C=O) groups is 1. The Morgan fingerprint density at radius 2 is 2.13 bits per heavy atom. The maximum Gasteiger partial charge on any atom is 0.262 e. The number of aromatic hydroxyl groups is 1. The van der Waals surface area contributed by atoms with E-state index in [4.69, 9.17) is 0 Å². The Morgan fingerprint density at radius 3 is 2.90 bits per heavy atom. The average molecular weight is 487 g/mol. The third-order valence-electron chi connectivity index (χ3n) is 3.97. The van der Waals surface area contributed by atoms with Crippen molar-refractivity contribution >= 4 is 50.7 Å². The minimum atomic E-state index is -0.366. The number of para-hydroxylation sites is 1. The van der Waals surface area contributed by atoms with Crippen LogP contribution in [0.15, 0.2) is 74.1 Å². The molecule has 154 valence electrons. The molecule has 0 saturated heterocycles. The lowest BCUT2D eigenvalue weighted by atomic mass is 10.2. The van der Waals surface area contributed by atoms with Crippen molar-refractivity contribution in [2.24, 2.45) is 5.10 Å². The summed E-state index contributed by atoms with van der Waals surface area (Å²) in [5, 5.41) is 14.6. The number of hydrogen-bond acceptors (Lipinski definition) is 6. The van der Waals surface area contributed by atoms with Crippen molar-refractivity contribution in [3.63, 3.8) is 0 Å². The molecular formula is C21H19BrN4O3S. The molecule has 0 aliphatic carbocycles. The number of carbonyl (C=O) groups excluding carboxylic acids is 1. The van der Waals surface area contributed by atoms with Crippen molar-refractivity contribution in [2.45, 2.75) is 18.6 Å². The van der Waals surface area contributed by atoms with Crippen LogP contribution in [0, 0.1) is 0 Å². The lowest BCUT2D eigenvalue weighted by molar-refractivity contribution is -0.118. The first-order valence-electron chi connectivity index (χ1n) is 8.92. The number of hydrogen-bond donors (Lipinski definition) is 2. The van der Waals surface area contributed by atoms with Crippen molar-refractivity contribution in [1.29, 1.82) is 0 Å². The van der Waals surface area contributed by atoms with Gasteiger partial charge in [-0.15, -0.1) is 0 Å². The van der Waals surface area contributed by atoms with Crippen LogP contribution in [0.25, 0.3) is 10.9 Å². The van der Waals surface area contributed by atoms with Gasteiger partial charge in [0.25, 0.3) is 11.5 Å². The molecule has 9 heteroatoms. The van der Waals surface area contributed by atoms with Gasteiger partial charge in [0.15, 0.2) is 5.16 Å². The van der Waals surface area contributed by atoms with Crippen LogP contribution in [-0.2, 0) is 11.3 Å². The summed E-state index contributed by atoms with van der Waals surface area (Å²) in [5.74, 6) is -0.298. The monoisotopic (exact) mass is 486 g/mol. The zero-order chi connectivity index (χ0) is 21.7. The molecule has 1 heterocycles. The molecule has 0 atom stereocenters. The first kappa shape index (κ1) is 21.8. The molecule has 0 aliphatic heterocycles. The Hall–Kier alpha value is -2.91. The maximum atomic E-state index is 12.8. The third-order valence-corrected chi connectivity index (χ3v) is 5.44. The summed E-state index contributed by atoms with van der Waals surface area (Å²) in [6.07, 6.45) is 1.36. The molecular weight excluding hydrogens is 468 g/mol. The molecule has 30 heavy (non-hydrogen) atoms. The van der Waals surface area contributed by atoms with E-state index >= 15 is 0 Å². The standard InChI is InChI=1S/C21H19BrN4O3S/c1-13(2)11-26-20(29)16-5-3-4-6-17(16)24-21(26)30-12-19(28)25-23-10-14-9-15(22)7-8-18(14)27/h3-10,27H,1,11-12H2,2H3,(H,25,28). The number of benzene rings is 2. The van der Waals surface area contributed by atoms with Crippen molar-refractivity contribution in [1.82, 2.24) is 15.0 Å². The lowest BCUT2D eigenvalue weighted by Gasteiger charge is -2.12. The molecule has 0 aliphatic rings. The summed E-state index contributed by atoms with van der Waals surface area (Å²) in [4.78, 5) is 29.6. The smallest absolute Gasteiger partial charge is 0.262 e. The highest BCUT2D eigenvalue weighted by Crippen LogP contribution is 2.20. The van der Waals surface area contributed by atoms with Gasteiger partial charge in [0.2, 0.25) is 0 Å². The van der Waals surface area contributed by atoms with Crippen molar-refractivity contribution < 1.29 is 9.90 Å². The number of aromatic nitrogens is 2. The number of phenols is 1. The van der Waals surface area contributed by atoms with E-state index < -0.39 is 0 Å². The van der Waals surface area contributed by atoms with Crippen LogP contribution in [0.5, 0.6) is 5.75 Å². The van der Waals surface area contributed by atoms with E-state index in [-0.39, 0.29) is 23.0 Å². The zero-order valence-electron chi connectivity index (χ0n) is 16.1. The Balaban J connectivity index is 1.73. The Morgan fingerprint density at radius 1 is 1.37 bits per heavy atom. The molecule has 1 aromatic heterocycles. The summed E-state index contributed by atoms with van der Waals surface area (Å²) in [6, 6.07) is 12.0. The number of hydrazone groups is 1. The van der Waals surface area contributed by atoms with Crippen LogP contribution in [0.1, 0.15) is 12.5 Å². The molecule has 0 saturated carbocycles. The summed E-state index contributed by atoms with van der Waals surface area (Å²) in [5.41, 5.74) is 4.08. The minimum absolute atomic E-state index is 0.0166. The van der Waals surface area contributed by atoms with E-state index in [1.807, 2.05) is 13.0 Å². The fourth-order valence-corrected chi connectivity index (χ4v) is 3.80. The summed E-state index contributed by atoms with van der Waals surface area (Å²) >= 11 is 4.46. The van der Waals surface area contributed by atoms with Gasteiger partial charge in [-0.25, -0.2) is 10.4 Å². The van der Waals surface area contributed by atoms with Gasteiger partial charge in [-0.05, 0) is 37.3 Å². The van der Waals surface area contributed by atoms with Gasteiger partial charge in [0, 0.05) is 16.6 Å². The van der Waals surface area contributed by atoms with Gasteiger partial charge in [0.1, 0.15) is 5.75 Å². The van der Waals surface area contributed by atoms with Crippen LogP contribution in [0.4, 0.5) is 0 Å². The van der Waals surface area contributed by atoms with Crippen molar-refractivity contribution in [3.05, 3.63) is 75.0 Å². The zero-order valence-corrected chi connectivity index (χ0v) is 18.5. The molecule has 0 unspecified atom stereocenters. The van der Waals surface area contributed by atoms with Gasteiger partial charge < -0.3 is 5.11 Å². The Labute approximate surface area is 185 Å². The van der Waals surface area contributed by atoms with Gasteiger partial charge in [0.05, 0.1) is 22.9 Å². The molecule has 2 N–H and O–H groups in total. The second-order valence-corrected chi connectivity index (χ2v) is 8.40. The number of halogens is 1. The highest BCUT2D eigenvalue weighted by Gasteiger charge is 2.13. The predicted molar refractivity (Wildman–Crippen MR) is 123 cm³/mol. The summed E-state index contributed by atoms with van der Waals surface area (Å²) in [7, 11) is 0. The average Bonchev–Trinajstić information content (AvgIpc) is 2.71. The fourth-order valence-electron chi connectivity index (χ4n) is 2.63. The first-order chi connectivity index (χ1) is 14.3. The molecule has 0 bridgehead atoms. The van der Waals surface area contributed by atoms with Gasteiger partial charge >= 0.3 is 0 Å². The highest BCUT2D eigenvalue weighted by atomic mass is 79.9. The van der Waals surface area contributed by atoms with E-state index in [9.17, 15) is 14.7 Å². The molecule has 1 amide bonds. The number of rotatable bonds is 7. The second kappa shape index (κ2) is 9.73. The van der Waals surface area contributed by atoms with Gasteiger partial charge in [-0.3, -0.25) is 14.2 Å². The number of amides is 1. The minimum Gasteiger partial charge on any atom is -0.507 e. The van der Waals surface area contributed by atoms with Crippen LogP contribution >= 0.6 is 27.7 Å². The highest BCUT2D eigenvalue weighted by molar-refractivity contribution is 9.10. The number of thioether (sulfide) groups is 1. The molecule has 0 fully saturated rings. The van der Waals surface area contributed by atoms with Gasteiger partial charge in [-0.2, -0.15) is 5.10 Å². The normalized spacial score (nSPS) is 11.1. The van der Waals surface area contributed by atoms with E-state index in [1.165, 1.54) is 16.8 Å². The van der Waals surface area contributed by atoms with Crippen molar-refractivity contribution in [3.8, 4) is 5.75 Å². The largest absolute Gasteiger partial charge is 0.507 e. The van der Waals surface area contributed by atoms with E-state index in [0.717, 1.165) is 21.8 Å². The van der Waals surface area contributed by atoms with Crippen LogP contribution in [-0.4, -0.2) is 32.5 Å². The Kier molecular flexibility index (Phi) is 7.07. The van der Waals surface area contributed by atoms with Crippen LogP contribution in [0.2, 0.25) is 0 Å². The molecule has 0 spiro atoms. The molecule has 2 aromatic carbocycles.